The average Bonchev–Trinajstić information content (AvgIpc) is 3.15. The lowest BCUT2D eigenvalue weighted by Crippen LogP contribution is -2.40. The summed E-state index contributed by atoms with van der Waals surface area (Å²) in [7, 11) is -3.40. The number of hydrogen-bond donors (Lipinski definition) is 0. The summed E-state index contributed by atoms with van der Waals surface area (Å²) in [4.78, 5) is 17.6. The molecule has 0 atom stereocenters. The van der Waals surface area contributed by atoms with Crippen LogP contribution in [0.1, 0.15) is 28.0 Å². The molecule has 5 rings (SSSR count). The van der Waals surface area contributed by atoms with Crippen LogP contribution >= 0.6 is 0 Å². The number of para-hydroxylation sites is 1. The van der Waals surface area contributed by atoms with Gasteiger partial charge in [-0.3, -0.25) is 4.79 Å². The molecule has 1 amide bonds. The maximum atomic E-state index is 13.5. The number of fused-ring (bicyclic) bond motifs is 1. The number of amides is 1. The molecule has 1 aromatic heterocycles. The zero-order valence-corrected chi connectivity index (χ0v) is 18.2. The number of nitrogens with zero attached hydrogens (tertiary/aromatic N) is 4. The number of benzene rings is 2. The Labute approximate surface area is 181 Å². The third kappa shape index (κ3) is 3.72. The maximum absolute atomic E-state index is 13.5. The van der Waals surface area contributed by atoms with Crippen molar-refractivity contribution in [3.63, 3.8) is 0 Å². The summed E-state index contributed by atoms with van der Waals surface area (Å²) in [6.45, 7) is 2.78. The Balaban J connectivity index is 1.45. The van der Waals surface area contributed by atoms with E-state index in [0.717, 1.165) is 42.1 Å². The van der Waals surface area contributed by atoms with Gasteiger partial charge >= 0.3 is 0 Å². The monoisotopic (exact) mass is 436 g/mol. The highest BCUT2D eigenvalue weighted by Gasteiger charge is 2.29. The van der Waals surface area contributed by atoms with E-state index in [1.54, 1.807) is 17.0 Å². The fraction of sp³-hybridized carbons (Fsp3) is 0.304. The topological polar surface area (TPSA) is 75.5 Å². The van der Waals surface area contributed by atoms with Crippen LogP contribution in [0.15, 0.2) is 59.6 Å². The molecule has 3 aromatic rings. The van der Waals surface area contributed by atoms with Gasteiger partial charge in [0.15, 0.2) is 9.84 Å². The molecule has 0 unspecified atom stereocenters. The van der Waals surface area contributed by atoms with Gasteiger partial charge in [0.25, 0.3) is 5.91 Å². The van der Waals surface area contributed by atoms with E-state index < -0.39 is 9.84 Å². The summed E-state index contributed by atoms with van der Waals surface area (Å²) in [5.74, 6) is -0.134. The van der Waals surface area contributed by atoms with Crippen LogP contribution in [0.25, 0.3) is 5.69 Å². The van der Waals surface area contributed by atoms with Crippen LogP contribution in [0.2, 0.25) is 0 Å². The van der Waals surface area contributed by atoms with Crippen molar-refractivity contribution in [2.75, 3.05) is 30.8 Å². The van der Waals surface area contributed by atoms with Crippen LogP contribution in [0.5, 0.6) is 0 Å². The highest BCUT2D eigenvalue weighted by Crippen LogP contribution is 2.30. The van der Waals surface area contributed by atoms with Gasteiger partial charge in [-0.15, -0.1) is 0 Å². The van der Waals surface area contributed by atoms with Crippen LogP contribution in [-0.2, 0) is 22.8 Å². The summed E-state index contributed by atoms with van der Waals surface area (Å²) in [5.41, 5.74) is 4.28. The van der Waals surface area contributed by atoms with Gasteiger partial charge in [0.2, 0.25) is 0 Å². The molecule has 2 aromatic carbocycles. The van der Waals surface area contributed by atoms with Crippen molar-refractivity contribution >= 4 is 21.4 Å². The highest BCUT2D eigenvalue weighted by molar-refractivity contribution is 7.90. The number of aromatic nitrogens is 2. The molecule has 8 heteroatoms. The lowest BCUT2D eigenvalue weighted by atomic mass is 10.0. The van der Waals surface area contributed by atoms with E-state index in [1.807, 2.05) is 41.2 Å². The SMILES string of the molecule is CS(=O)(=O)c1ccc(N2CCC2)c(C(=O)N2CCc3nn(-c4ccccc4)cc3C2)c1. The Bertz CT molecular complexity index is 1250. The number of carbonyl (C=O) groups excluding carboxylic acids is 1. The van der Waals surface area contributed by atoms with Gasteiger partial charge < -0.3 is 9.80 Å². The van der Waals surface area contributed by atoms with Crippen LogP contribution in [-0.4, -0.2) is 54.9 Å². The summed E-state index contributed by atoms with van der Waals surface area (Å²) < 4.78 is 26.1. The predicted molar refractivity (Wildman–Crippen MR) is 118 cm³/mol. The minimum atomic E-state index is -3.40. The second kappa shape index (κ2) is 7.53. The van der Waals surface area contributed by atoms with Crippen molar-refractivity contribution in [1.29, 1.82) is 0 Å². The molecule has 0 radical (unpaired) electrons. The second-order valence-electron chi connectivity index (χ2n) is 8.15. The van der Waals surface area contributed by atoms with E-state index in [0.29, 0.717) is 25.1 Å². The molecular weight excluding hydrogens is 412 g/mol. The Hall–Kier alpha value is -3.13. The van der Waals surface area contributed by atoms with E-state index >= 15 is 0 Å². The van der Waals surface area contributed by atoms with Gasteiger partial charge in [-0.2, -0.15) is 5.10 Å². The van der Waals surface area contributed by atoms with E-state index in [4.69, 9.17) is 5.10 Å². The largest absolute Gasteiger partial charge is 0.371 e. The van der Waals surface area contributed by atoms with Crippen LogP contribution in [0.4, 0.5) is 5.69 Å². The van der Waals surface area contributed by atoms with Gasteiger partial charge in [-0.05, 0) is 36.8 Å². The quantitative estimate of drug-likeness (QED) is 0.629. The van der Waals surface area contributed by atoms with Gasteiger partial charge in [0, 0.05) is 56.3 Å². The molecule has 0 aliphatic carbocycles. The van der Waals surface area contributed by atoms with Crippen molar-refractivity contribution < 1.29 is 13.2 Å². The number of carbonyl (C=O) groups is 1. The van der Waals surface area contributed by atoms with Crippen LogP contribution in [0.3, 0.4) is 0 Å². The molecule has 2 aliphatic heterocycles. The van der Waals surface area contributed by atoms with Crippen molar-refractivity contribution in [3.05, 3.63) is 71.5 Å². The van der Waals surface area contributed by atoms with Gasteiger partial charge in [-0.25, -0.2) is 13.1 Å². The molecular formula is C23H24N4O3S. The Morgan fingerprint density at radius 1 is 1.03 bits per heavy atom. The van der Waals surface area contributed by atoms with E-state index in [9.17, 15) is 13.2 Å². The van der Waals surface area contributed by atoms with Crippen molar-refractivity contribution in [2.24, 2.45) is 0 Å². The molecule has 1 fully saturated rings. The average molecular weight is 437 g/mol. The minimum absolute atomic E-state index is 0.134. The Morgan fingerprint density at radius 2 is 1.81 bits per heavy atom. The maximum Gasteiger partial charge on any atom is 0.256 e. The molecule has 1 saturated heterocycles. The highest BCUT2D eigenvalue weighted by atomic mass is 32.2. The van der Waals surface area contributed by atoms with Crippen molar-refractivity contribution in [3.8, 4) is 5.69 Å². The fourth-order valence-electron chi connectivity index (χ4n) is 4.12. The van der Waals surface area contributed by atoms with E-state index in [-0.39, 0.29) is 10.8 Å². The number of hydrogen-bond acceptors (Lipinski definition) is 5. The first-order valence-corrected chi connectivity index (χ1v) is 12.3. The molecule has 31 heavy (non-hydrogen) atoms. The summed E-state index contributed by atoms with van der Waals surface area (Å²) in [6.07, 6.45) is 4.90. The Kier molecular flexibility index (Phi) is 4.81. The molecule has 0 bridgehead atoms. The minimum Gasteiger partial charge on any atom is -0.371 e. The number of rotatable bonds is 4. The lowest BCUT2D eigenvalue weighted by molar-refractivity contribution is 0.0734. The second-order valence-corrected chi connectivity index (χ2v) is 10.2. The fourth-order valence-corrected chi connectivity index (χ4v) is 4.77. The van der Waals surface area contributed by atoms with Gasteiger partial charge in [-0.1, -0.05) is 18.2 Å². The normalized spacial score (nSPS) is 16.0. The van der Waals surface area contributed by atoms with Gasteiger partial charge in [0.1, 0.15) is 0 Å². The zero-order chi connectivity index (χ0) is 21.6. The summed E-state index contributed by atoms with van der Waals surface area (Å²) in [5, 5.41) is 4.69. The molecule has 0 N–H and O–H groups in total. The smallest absolute Gasteiger partial charge is 0.256 e. The first-order chi connectivity index (χ1) is 14.9. The summed E-state index contributed by atoms with van der Waals surface area (Å²) >= 11 is 0. The van der Waals surface area contributed by atoms with Crippen LogP contribution in [0, 0.1) is 0 Å². The third-order valence-corrected chi connectivity index (χ3v) is 7.10. The molecule has 3 heterocycles. The van der Waals surface area contributed by atoms with Crippen molar-refractivity contribution in [1.82, 2.24) is 14.7 Å². The first kappa shape index (κ1) is 19.8. The molecule has 0 saturated carbocycles. The Morgan fingerprint density at radius 3 is 2.48 bits per heavy atom. The first-order valence-electron chi connectivity index (χ1n) is 10.4. The molecule has 7 nitrogen and oxygen atoms in total. The van der Waals surface area contributed by atoms with Gasteiger partial charge in [0.05, 0.1) is 21.8 Å². The summed E-state index contributed by atoms with van der Waals surface area (Å²) in [6, 6.07) is 14.8. The third-order valence-electron chi connectivity index (χ3n) is 5.99. The van der Waals surface area contributed by atoms with E-state index in [1.165, 1.54) is 12.3 Å². The number of anilines is 1. The van der Waals surface area contributed by atoms with Crippen LogP contribution < -0.4 is 4.90 Å². The molecule has 0 spiro atoms. The van der Waals surface area contributed by atoms with Crippen molar-refractivity contribution in [2.45, 2.75) is 24.3 Å². The molecule has 160 valence electrons. The lowest BCUT2D eigenvalue weighted by Gasteiger charge is -2.36. The predicted octanol–water partition coefficient (Wildman–Crippen LogP) is 2.68. The van der Waals surface area contributed by atoms with E-state index in [2.05, 4.69) is 4.90 Å². The standard InChI is InChI=1S/C23H24N4O3S/c1-31(29,30)19-8-9-22(25-11-5-12-25)20(14-19)23(28)26-13-10-21-17(15-26)16-27(24-21)18-6-3-2-4-7-18/h2-4,6-9,14,16H,5,10-13,15H2,1H3. The zero-order valence-electron chi connectivity index (χ0n) is 17.4. The number of sulfone groups is 1. The molecule has 2 aliphatic rings.